The minimum absolute atomic E-state index is 0.227. The van der Waals surface area contributed by atoms with E-state index in [4.69, 9.17) is 14.7 Å². The van der Waals surface area contributed by atoms with Gasteiger partial charge in [-0.25, -0.2) is 19.6 Å². The molecule has 1 saturated carbocycles. The van der Waals surface area contributed by atoms with E-state index >= 15 is 0 Å². The summed E-state index contributed by atoms with van der Waals surface area (Å²) in [6, 6.07) is 23.8. The third-order valence-electron chi connectivity index (χ3n) is 8.12. The molecule has 2 aromatic heterocycles. The number of pyridine rings is 1. The summed E-state index contributed by atoms with van der Waals surface area (Å²) < 4.78 is 7.69. The molecule has 6 rings (SSSR count). The van der Waals surface area contributed by atoms with E-state index < -0.39 is 17.7 Å². The van der Waals surface area contributed by atoms with Gasteiger partial charge in [0.25, 0.3) is 0 Å². The topological polar surface area (TPSA) is 118 Å². The van der Waals surface area contributed by atoms with Crippen LogP contribution in [-0.2, 0) is 4.74 Å². The number of carbonyl (C=O) groups is 2. The normalized spacial score (nSPS) is 14.0. The predicted molar refractivity (Wildman–Crippen MR) is 178 cm³/mol. The minimum atomic E-state index is -0.964. The molecular weight excluding hydrogens is 566 g/mol. The van der Waals surface area contributed by atoms with E-state index in [9.17, 15) is 14.7 Å². The molecule has 1 fully saturated rings. The zero-order chi connectivity index (χ0) is 31.6. The summed E-state index contributed by atoms with van der Waals surface area (Å²) >= 11 is 0. The van der Waals surface area contributed by atoms with Crippen LogP contribution in [0.1, 0.15) is 69.3 Å². The molecule has 9 nitrogen and oxygen atoms in total. The smallest absolute Gasteiger partial charge is 0.407 e. The number of carboxylic acids is 1. The van der Waals surface area contributed by atoms with Crippen molar-refractivity contribution in [2.75, 3.05) is 18.4 Å². The van der Waals surface area contributed by atoms with Crippen LogP contribution in [0.25, 0.3) is 44.6 Å². The van der Waals surface area contributed by atoms with Crippen LogP contribution >= 0.6 is 0 Å². The number of fused-ring (bicyclic) bond motifs is 2. The lowest BCUT2D eigenvalue weighted by atomic mass is 9.94. The number of nitrogens with zero attached hydrogens (tertiary/aromatic N) is 3. The van der Waals surface area contributed by atoms with Gasteiger partial charge >= 0.3 is 12.1 Å². The largest absolute Gasteiger partial charge is 0.478 e. The molecule has 0 radical (unpaired) electrons. The van der Waals surface area contributed by atoms with Crippen molar-refractivity contribution >= 4 is 39.7 Å². The van der Waals surface area contributed by atoms with Crippen molar-refractivity contribution in [2.24, 2.45) is 0 Å². The Labute approximate surface area is 262 Å². The fourth-order valence-electron chi connectivity index (χ4n) is 6.09. The zero-order valence-electron chi connectivity index (χ0n) is 26.0. The highest BCUT2D eigenvalue weighted by Crippen LogP contribution is 2.38. The number of aromatic carboxylic acids is 1. The van der Waals surface area contributed by atoms with Crippen molar-refractivity contribution in [1.82, 2.24) is 19.9 Å². The first kappa shape index (κ1) is 30.1. The van der Waals surface area contributed by atoms with E-state index in [0.717, 1.165) is 70.4 Å². The standard InChI is InChI=1S/C36H39N5O4/c1-36(2,3)45-35(44)38-19-18-37-30-22-29(23-10-6-4-7-11-23)39-28-16-14-24(20-27(28)30)33-40-31-21-25(34(42)43)15-17-32(31)41(33)26-12-8-5-9-13-26/h4,6-7,10-11,14-17,20-22,26H,5,8-9,12-13,18-19H2,1-3H3,(H,37,39)(H,38,44)(H,42,43). The zero-order valence-corrected chi connectivity index (χ0v) is 26.0. The van der Waals surface area contributed by atoms with E-state index in [-0.39, 0.29) is 5.56 Å². The fourth-order valence-corrected chi connectivity index (χ4v) is 6.09. The molecule has 9 heteroatoms. The summed E-state index contributed by atoms with van der Waals surface area (Å²) in [6.45, 7) is 6.37. The highest BCUT2D eigenvalue weighted by Gasteiger charge is 2.24. The maximum absolute atomic E-state index is 12.2. The summed E-state index contributed by atoms with van der Waals surface area (Å²) in [4.78, 5) is 34.0. The third-order valence-corrected chi connectivity index (χ3v) is 8.12. The van der Waals surface area contributed by atoms with Crippen LogP contribution in [0.3, 0.4) is 0 Å². The van der Waals surface area contributed by atoms with Crippen LogP contribution in [0.2, 0.25) is 0 Å². The Hall–Kier alpha value is -4.92. The molecule has 45 heavy (non-hydrogen) atoms. The lowest BCUT2D eigenvalue weighted by Crippen LogP contribution is -2.35. The number of carboxylic acid groups (broad SMARTS) is 1. The number of imidazole rings is 1. The van der Waals surface area contributed by atoms with Crippen molar-refractivity contribution in [1.29, 1.82) is 0 Å². The number of nitrogens with one attached hydrogen (secondary N) is 2. The van der Waals surface area contributed by atoms with E-state index in [1.54, 1.807) is 12.1 Å². The molecule has 0 aliphatic heterocycles. The molecular formula is C36H39N5O4. The second kappa shape index (κ2) is 12.6. The first-order chi connectivity index (χ1) is 21.7. The van der Waals surface area contributed by atoms with Gasteiger partial charge in [-0.05, 0) is 76.1 Å². The van der Waals surface area contributed by atoms with Crippen molar-refractivity contribution < 1.29 is 19.4 Å². The van der Waals surface area contributed by atoms with Gasteiger partial charge in [-0.2, -0.15) is 0 Å². The van der Waals surface area contributed by atoms with Gasteiger partial charge in [0, 0.05) is 41.3 Å². The SMILES string of the molecule is CC(C)(C)OC(=O)NCCNc1cc(-c2ccccc2)nc2ccc(-c3nc4cc(C(=O)O)ccc4n3C3CCCCC3)cc12. The Morgan fingerprint density at radius 1 is 0.889 bits per heavy atom. The Kier molecular flexibility index (Phi) is 8.43. The number of anilines is 1. The van der Waals surface area contributed by atoms with Crippen LogP contribution in [0.4, 0.5) is 10.5 Å². The number of carbonyl (C=O) groups excluding carboxylic acids is 1. The molecule has 0 spiro atoms. The van der Waals surface area contributed by atoms with Gasteiger partial charge in [0.2, 0.25) is 0 Å². The number of benzene rings is 3. The van der Waals surface area contributed by atoms with E-state index in [1.807, 2.05) is 69.3 Å². The number of aromatic nitrogens is 3. The number of hydrogen-bond donors (Lipinski definition) is 3. The van der Waals surface area contributed by atoms with Gasteiger partial charge < -0.3 is 25.0 Å². The molecule has 2 heterocycles. The summed E-state index contributed by atoms with van der Waals surface area (Å²) in [7, 11) is 0. The minimum Gasteiger partial charge on any atom is -0.478 e. The lowest BCUT2D eigenvalue weighted by Gasteiger charge is -2.26. The first-order valence-electron chi connectivity index (χ1n) is 15.6. The molecule has 0 saturated heterocycles. The van der Waals surface area contributed by atoms with Crippen LogP contribution < -0.4 is 10.6 Å². The molecule has 0 bridgehead atoms. The highest BCUT2D eigenvalue weighted by atomic mass is 16.6. The monoisotopic (exact) mass is 605 g/mol. The number of alkyl carbamates (subject to hydrolysis) is 1. The quantitative estimate of drug-likeness (QED) is 0.153. The van der Waals surface area contributed by atoms with E-state index in [2.05, 4.69) is 27.3 Å². The van der Waals surface area contributed by atoms with Gasteiger partial charge in [0.05, 0.1) is 27.8 Å². The van der Waals surface area contributed by atoms with E-state index in [1.165, 1.54) is 6.42 Å². The van der Waals surface area contributed by atoms with Gasteiger partial charge in [-0.3, -0.25) is 0 Å². The molecule has 0 atom stereocenters. The van der Waals surface area contributed by atoms with Gasteiger partial charge in [0.1, 0.15) is 11.4 Å². The molecule has 0 unspecified atom stereocenters. The Bertz CT molecular complexity index is 1850. The Morgan fingerprint density at radius 2 is 1.67 bits per heavy atom. The molecule has 1 aliphatic rings. The highest BCUT2D eigenvalue weighted by molar-refractivity contribution is 5.97. The summed E-state index contributed by atoms with van der Waals surface area (Å²) in [5, 5.41) is 16.9. The third kappa shape index (κ3) is 6.77. The molecule has 5 aromatic rings. The molecule has 232 valence electrons. The van der Waals surface area contributed by atoms with E-state index in [0.29, 0.717) is 24.6 Å². The van der Waals surface area contributed by atoms with Crippen LogP contribution in [0.15, 0.2) is 72.8 Å². The number of amides is 1. The van der Waals surface area contributed by atoms with Gasteiger partial charge in [-0.1, -0.05) is 49.6 Å². The van der Waals surface area contributed by atoms with Crippen LogP contribution in [0.5, 0.6) is 0 Å². The number of rotatable bonds is 8. The average Bonchev–Trinajstić information content (AvgIpc) is 3.41. The Balaban J connectivity index is 1.40. The predicted octanol–water partition coefficient (Wildman–Crippen LogP) is 8.06. The first-order valence-corrected chi connectivity index (χ1v) is 15.6. The van der Waals surface area contributed by atoms with Crippen molar-refractivity contribution in [3.8, 4) is 22.6 Å². The molecule has 3 N–H and O–H groups in total. The van der Waals surface area contributed by atoms with Crippen LogP contribution in [0, 0.1) is 0 Å². The fraction of sp³-hybridized carbons (Fsp3) is 0.333. The Morgan fingerprint density at radius 3 is 2.40 bits per heavy atom. The number of hydrogen-bond acceptors (Lipinski definition) is 6. The second-order valence-electron chi connectivity index (χ2n) is 12.6. The van der Waals surface area contributed by atoms with Crippen LogP contribution in [-0.4, -0.2) is 50.4 Å². The summed E-state index contributed by atoms with van der Waals surface area (Å²) in [5.74, 6) is -0.139. The van der Waals surface area contributed by atoms with Crippen molar-refractivity contribution in [3.63, 3.8) is 0 Å². The lowest BCUT2D eigenvalue weighted by molar-refractivity contribution is 0.0529. The summed E-state index contributed by atoms with van der Waals surface area (Å²) in [5.41, 5.74) is 5.79. The molecule has 1 aliphatic carbocycles. The molecule has 3 aromatic carbocycles. The number of ether oxygens (including phenoxy) is 1. The van der Waals surface area contributed by atoms with Crippen molar-refractivity contribution in [3.05, 3.63) is 78.4 Å². The average molecular weight is 606 g/mol. The molecule has 1 amide bonds. The maximum atomic E-state index is 12.2. The summed E-state index contributed by atoms with van der Waals surface area (Å²) in [6.07, 6.45) is 5.21. The maximum Gasteiger partial charge on any atom is 0.407 e. The van der Waals surface area contributed by atoms with Crippen molar-refractivity contribution in [2.45, 2.75) is 64.5 Å². The van der Waals surface area contributed by atoms with Gasteiger partial charge in [0.15, 0.2) is 0 Å². The van der Waals surface area contributed by atoms with Gasteiger partial charge in [-0.15, -0.1) is 0 Å². The second-order valence-corrected chi connectivity index (χ2v) is 12.6.